The summed E-state index contributed by atoms with van der Waals surface area (Å²) in [6.07, 6.45) is 1.56. The Labute approximate surface area is 115 Å². The minimum Gasteiger partial charge on any atom is -0.399 e. The third-order valence-electron chi connectivity index (χ3n) is 2.74. The summed E-state index contributed by atoms with van der Waals surface area (Å²) in [6.45, 7) is 0. The van der Waals surface area contributed by atoms with Crippen molar-refractivity contribution >= 4 is 5.69 Å². The van der Waals surface area contributed by atoms with Crippen molar-refractivity contribution < 1.29 is 0 Å². The summed E-state index contributed by atoms with van der Waals surface area (Å²) in [5, 5.41) is 13.2. The molecular formula is C14H10N6. The number of aromatic nitrogens is 4. The SMILES string of the molecule is N#Cc1cccc(-n2cnc(-c3ccc(N)cc3)n2)n1. The molecule has 0 unspecified atom stereocenters. The van der Waals surface area contributed by atoms with Gasteiger partial charge in [-0.2, -0.15) is 5.26 Å². The molecule has 0 bridgehead atoms. The average molecular weight is 262 g/mol. The number of rotatable bonds is 2. The fourth-order valence-electron chi connectivity index (χ4n) is 1.75. The summed E-state index contributed by atoms with van der Waals surface area (Å²) in [6, 6.07) is 14.5. The number of hydrogen-bond acceptors (Lipinski definition) is 5. The average Bonchev–Trinajstić information content (AvgIpc) is 2.98. The fourth-order valence-corrected chi connectivity index (χ4v) is 1.75. The first-order valence-corrected chi connectivity index (χ1v) is 5.91. The monoisotopic (exact) mass is 262 g/mol. The van der Waals surface area contributed by atoms with E-state index in [1.807, 2.05) is 18.2 Å². The maximum atomic E-state index is 8.85. The smallest absolute Gasteiger partial charge is 0.181 e. The lowest BCUT2D eigenvalue weighted by Gasteiger charge is -1.99. The van der Waals surface area contributed by atoms with Crippen molar-refractivity contribution in [1.29, 1.82) is 5.26 Å². The minimum absolute atomic E-state index is 0.340. The van der Waals surface area contributed by atoms with E-state index in [0.717, 1.165) is 5.56 Å². The van der Waals surface area contributed by atoms with Gasteiger partial charge in [0.1, 0.15) is 18.1 Å². The van der Waals surface area contributed by atoms with Crippen molar-refractivity contribution in [3.8, 4) is 23.3 Å². The lowest BCUT2D eigenvalue weighted by molar-refractivity contribution is 0.845. The van der Waals surface area contributed by atoms with Crippen LogP contribution in [0.3, 0.4) is 0 Å². The van der Waals surface area contributed by atoms with Gasteiger partial charge in [-0.05, 0) is 36.4 Å². The van der Waals surface area contributed by atoms with Crippen molar-refractivity contribution in [3.05, 3.63) is 54.5 Å². The molecule has 2 heterocycles. The second-order valence-electron chi connectivity index (χ2n) is 4.13. The molecule has 0 saturated heterocycles. The highest BCUT2D eigenvalue weighted by Gasteiger charge is 2.06. The van der Waals surface area contributed by atoms with E-state index in [1.54, 1.807) is 36.7 Å². The predicted molar refractivity (Wildman–Crippen MR) is 73.7 cm³/mol. The Hall–Kier alpha value is -3.20. The van der Waals surface area contributed by atoms with E-state index in [2.05, 4.69) is 15.1 Å². The van der Waals surface area contributed by atoms with Crippen LogP contribution in [0.4, 0.5) is 5.69 Å². The molecule has 0 aliphatic rings. The summed E-state index contributed by atoms with van der Waals surface area (Å²) >= 11 is 0. The number of nitrogens with two attached hydrogens (primary N) is 1. The molecule has 3 rings (SSSR count). The molecule has 96 valence electrons. The molecule has 0 fully saturated rings. The third-order valence-corrected chi connectivity index (χ3v) is 2.74. The van der Waals surface area contributed by atoms with E-state index in [9.17, 15) is 0 Å². The molecule has 20 heavy (non-hydrogen) atoms. The van der Waals surface area contributed by atoms with Gasteiger partial charge in [-0.1, -0.05) is 6.07 Å². The molecule has 0 aliphatic heterocycles. The Morgan fingerprint density at radius 2 is 1.90 bits per heavy atom. The van der Waals surface area contributed by atoms with Gasteiger partial charge >= 0.3 is 0 Å². The largest absolute Gasteiger partial charge is 0.399 e. The van der Waals surface area contributed by atoms with Gasteiger partial charge in [-0.3, -0.25) is 0 Å². The molecule has 6 nitrogen and oxygen atoms in total. The van der Waals surface area contributed by atoms with Crippen LogP contribution in [0.15, 0.2) is 48.8 Å². The van der Waals surface area contributed by atoms with Crippen LogP contribution in [-0.4, -0.2) is 19.7 Å². The normalized spacial score (nSPS) is 10.2. The molecule has 2 N–H and O–H groups in total. The number of benzene rings is 1. The number of hydrogen-bond donors (Lipinski definition) is 1. The molecule has 3 aromatic rings. The second-order valence-corrected chi connectivity index (χ2v) is 4.13. The molecule has 6 heteroatoms. The number of nitriles is 1. The van der Waals surface area contributed by atoms with Crippen LogP contribution in [0, 0.1) is 11.3 Å². The van der Waals surface area contributed by atoms with Crippen LogP contribution in [0.5, 0.6) is 0 Å². The van der Waals surface area contributed by atoms with Gasteiger partial charge in [0.25, 0.3) is 0 Å². The topological polar surface area (TPSA) is 93.4 Å². The zero-order valence-corrected chi connectivity index (χ0v) is 10.4. The van der Waals surface area contributed by atoms with Crippen LogP contribution in [0.25, 0.3) is 17.2 Å². The van der Waals surface area contributed by atoms with E-state index < -0.39 is 0 Å². The molecule has 2 aromatic heterocycles. The van der Waals surface area contributed by atoms with Crippen LogP contribution < -0.4 is 5.73 Å². The lowest BCUT2D eigenvalue weighted by Crippen LogP contribution is -1.99. The van der Waals surface area contributed by atoms with E-state index >= 15 is 0 Å². The maximum Gasteiger partial charge on any atom is 0.181 e. The number of nitrogens with zero attached hydrogens (tertiary/aromatic N) is 5. The predicted octanol–water partition coefficient (Wildman–Crippen LogP) is 1.78. The Bertz CT molecular complexity index is 782. The highest BCUT2D eigenvalue weighted by atomic mass is 15.4. The van der Waals surface area contributed by atoms with Crippen molar-refractivity contribution in [2.24, 2.45) is 0 Å². The van der Waals surface area contributed by atoms with Crippen molar-refractivity contribution in [3.63, 3.8) is 0 Å². The van der Waals surface area contributed by atoms with Gasteiger partial charge in [-0.15, -0.1) is 5.10 Å². The molecule has 0 aliphatic carbocycles. The maximum absolute atomic E-state index is 8.85. The molecular weight excluding hydrogens is 252 g/mol. The molecule has 0 radical (unpaired) electrons. The van der Waals surface area contributed by atoms with Gasteiger partial charge in [0.05, 0.1) is 0 Å². The van der Waals surface area contributed by atoms with E-state index in [4.69, 9.17) is 11.0 Å². The first-order chi connectivity index (χ1) is 9.76. The summed E-state index contributed by atoms with van der Waals surface area (Å²) in [4.78, 5) is 8.40. The summed E-state index contributed by atoms with van der Waals surface area (Å²) < 4.78 is 1.53. The van der Waals surface area contributed by atoms with Gasteiger partial charge < -0.3 is 5.73 Å². The van der Waals surface area contributed by atoms with Gasteiger partial charge in [0.2, 0.25) is 0 Å². The fraction of sp³-hybridized carbons (Fsp3) is 0. The first-order valence-electron chi connectivity index (χ1n) is 5.91. The Morgan fingerprint density at radius 1 is 1.10 bits per heavy atom. The Balaban J connectivity index is 1.97. The lowest BCUT2D eigenvalue weighted by atomic mass is 10.2. The molecule has 0 amide bonds. The summed E-state index contributed by atoms with van der Waals surface area (Å²) in [5.74, 6) is 1.13. The van der Waals surface area contributed by atoms with Crippen LogP contribution in [0.2, 0.25) is 0 Å². The van der Waals surface area contributed by atoms with E-state index in [1.165, 1.54) is 4.68 Å². The summed E-state index contributed by atoms with van der Waals surface area (Å²) in [7, 11) is 0. The minimum atomic E-state index is 0.340. The second kappa shape index (κ2) is 4.82. The highest BCUT2D eigenvalue weighted by molar-refractivity contribution is 5.58. The van der Waals surface area contributed by atoms with Gasteiger partial charge in [-0.25, -0.2) is 14.6 Å². The number of anilines is 1. The van der Waals surface area contributed by atoms with Crippen LogP contribution in [0.1, 0.15) is 5.69 Å². The number of pyridine rings is 1. The van der Waals surface area contributed by atoms with Crippen molar-refractivity contribution in [2.75, 3.05) is 5.73 Å². The molecule has 0 atom stereocenters. The Morgan fingerprint density at radius 3 is 2.65 bits per heavy atom. The zero-order valence-electron chi connectivity index (χ0n) is 10.4. The van der Waals surface area contributed by atoms with Gasteiger partial charge in [0.15, 0.2) is 11.6 Å². The summed E-state index contributed by atoms with van der Waals surface area (Å²) in [5.41, 5.74) is 7.55. The molecule has 1 aromatic carbocycles. The van der Waals surface area contributed by atoms with Crippen molar-refractivity contribution in [2.45, 2.75) is 0 Å². The van der Waals surface area contributed by atoms with Crippen molar-refractivity contribution in [1.82, 2.24) is 19.7 Å². The molecule has 0 saturated carbocycles. The quantitative estimate of drug-likeness (QED) is 0.710. The van der Waals surface area contributed by atoms with Crippen LogP contribution >= 0.6 is 0 Å². The first kappa shape index (κ1) is 11.9. The van der Waals surface area contributed by atoms with E-state index in [-0.39, 0.29) is 0 Å². The van der Waals surface area contributed by atoms with Crippen LogP contribution in [-0.2, 0) is 0 Å². The van der Waals surface area contributed by atoms with E-state index in [0.29, 0.717) is 23.0 Å². The zero-order chi connectivity index (χ0) is 13.9. The standard InChI is InChI=1S/C14H10N6/c15-8-12-2-1-3-13(18-12)20-9-17-14(19-20)10-4-6-11(16)7-5-10/h1-7,9H,16H2. The highest BCUT2D eigenvalue weighted by Crippen LogP contribution is 2.16. The third kappa shape index (κ3) is 2.20. The Kier molecular flexibility index (Phi) is 2.86. The number of nitrogen functional groups attached to an aromatic ring is 1. The van der Waals surface area contributed by atoms with Gasteiger partial charge in [0, 0.05) is 11.3 Å². The molecule has 0 spiro atoms.